The number of halogens is 2. The van der Waals surface area contributed by atoms with Gasteiger partial charge in [0.15, 0.2) is 0 Å². The predicted octanol–water partition coefficient (Wildman–Crippen LogP) is 6.11. The number of piperazine rings is 1. The van der Waals surface area contributed by atoms with Crippen molar-refractivity contribution in [1.29, 1.82) is 0 Å². The van der Waals surface area contributed by atoms with Crippen LogP contribution in [-0.4, -0.2) is 49.8 Å². The molecule has 1 aliphatic heterocycles. The lowest BCUT2D eigenvalue weighted by Gasteiger charge is -2.41. The number of hydrogen-bond acceptors (Lipinski definition) is 4. The Morgan fingerprint density at radius 3 is 2.57 bits per heavy atom. The van der Waals surface area contributed by atoms with E-state index in [1.807, 2.05) is 36.4 Å². The topological polar surface area (TPSA) is 65.6 Å². The Bertz CT molecular complexity index is 1000. The molecule has 0 spiro atoms. The molecule has 0 radical (unpaired) electrons. The molecule has 1 atom stereocenters. The Kier molecular flexibility index (Phi) is 8.82. The first-order valence-electron chi connectivity index (χ1n) is 12.5. The van der Waals surface area contributed by atoms with Gasteiger partial charge in [-0.3, -0.25) is 4.90 Å². The highest BCUT2D eigenvalue weighted by Gasteiger charge is 2.35. The van der Waals surface area contributed by atoms with Crippen LogP contribution in [0.3, 0.4) is 0 Å². The molecular formula is C27H36Cl2N4O2. The third-order valence-electron chi connectivity index (χ3n) is 7.47. The molecule has 2 aromatic rings. The summed E-state index contributed by atoms with van der Waals surface area (Å²) < 4.78 is 5.35. The maximum Gasteiger partial charge on any atom is 0.319 e. The monoisotopic (exact) mass is 518 g/mol. The second kappa shape index (κ2) is 11.8. The highest BCUT2D eigenvalue weighted by molar-refractivity contribution is 6.42. The van der Waals surface area contributed by atoms with Crippen molar-refractivity contribution in [3.8, 4) is 5.75 Å². The van der Waals surface area contributed by atoms with Gasteiger partial charge in [-0.15, -0.1) is 0 Å². The van der Waals surface area contributed by atoms with Crippen molar-refractivity contribution in [3.63, 3.8) is 0 Å². The fourth-order valence-electron chi connectivity index (χ4n) is 5.41. The summed E-state index contributed by atoms with van der Waals surface area (Å²) in [7, 11) is 1.60. The number of hydrogen-bond donors (Lipinski definition) is 3. The predicted molar refractivity (Wildman–Crippen MR) is 144 cm³/mol. The van der Waals surface area contributed by atoms with Crippen molar-refractivity contribution in [3.05, 3.63) is 58.1 Å². The van der Waals surface area contributed by atoms with Crippen molar-refractivity contribution in [2.75, 3.05) is 38.6 Å². The van der Waals surface area contributed by atoms with Crippen LogP contribution in [0.4, 0.5) is 10.5 Å². The van der Waals surface area contributed by atoms with Crippen LogP contribution in [0.25, 0.3) is 0 Å². The summed E-state index contributed by atoms with van der Waals surface area (Å²) >= 11 is 13.1. The number of benzene rings is 2. The van der Waals surface area contributed by atoms with Gasteiger partial charge in [0.25, 0.3) is 0 Å². The zero-order chi connectivity index (χ0) is 24.8. The van der Waals surface area contributed by atoms with Gasteiger partial charge >= 0.3 is 6.03 Å². The molecule has 1 unspecified atom stereocenters. The maximum absolute atomic E-state index is 12.8. The number of carbonyl (C=O) groups excluding carboxylic acids is 1. The normalized spacial score (nSPS) is 23.9. The van der Waals surface area contributed by atoms with Crippen LogP contribution in [0.1, 0.15) is 50.6 Å². The maximum atomic E-state index is 12.8. The van der Waals surface area contributed by atoms with Crippen molar-refractivity contribution in [1.82, 2.24) is 15.5 Å². The van der Waals surface area contributed by atoms with E-state index in [1.54, 1.807) is 7.11 Å². The number of nitrogens with one attached hydrogen (secondary N) is 3. The highest BCUT2D eigenvalue weighted by Crippen LogP contribution is 2.41. The number of carbonyl (C=O) groups is 1. The van der Waals surface area contributed by atoms with E-state index in [1.165, 1.54) is 0 Å². The van der Waals surface area contributed by atoms with Gasteiger partial charge in [0.2, 0.25) is 0 Å². The first kappa shape index (κ1) is 26.1. The Morgan fingerprint density at radius 2 is 1.86 bits per heavy atom. The van der Waals surface area contributed by atoms with Gasteiger partial charge < -0.3 is 20.7 Å². The summed E-state index contributed by atoms with van der Waals surface area (Å²) in [6.45, 7) is 6.13. The Hall–Kier alpha value is -1.99. The third-order valence-corrected chi connectivity index (χ3v) is 8.30. The number of para-hydroxylation sites is 2. The van der Waals surface area contributed by atoms with Gasteiger partial charge in [-0.1, -0.05) is 47.5 Å². The number of anilines is 1. The summed E-state index contributed by atoms with van der Waals surface area (Å²) in [5.74, 6) is 1.22. The third kappa shape index (κ3) is 6.62. The van der Waals surface area contributed by atoms with Crippen LogP contribution >= 0.6 is 23.2 Å². The second-order valence-electron chi connectivity index (χ2n) is 9.96. The van der Waals surface area contributed by atoms with Gasteiger partial charge in [0, 0.05) is 37.8 Å². The smallest absolute Gasteiger partial charge is 0.319 e. The minimum absolute atomic E-state index is 0.195. The van der Waals surface area contributed by atoms with Gasteiger partial charge in [-0.25, -0.2) is 4.79 Å². The first-order valence-corrected chi connectivity index (χ1v) is 13.2. The standard InChI is InChI=1S/C27H36Cl2N4O2/c1-27(32-26(34)31-22-8-3-4-9-24(22)35-2)12-10-19(11-13-27)18-23(33-16-14-30-15-17-33)20-6-5-7-21(28)25(20)29/h3-9,19,23,30H,10-18H2,1-2H3,(H2,31,32,34). The number of methoxy groups -OCH3 is 1. The molecule has 3 N–H and O–H groups in total. The van der Waals surface area contributed by atoms with Crippen molar-refractivity contribution >= 4 is 34.9 Å². The molecule has 190 valence electrons. The fraction of sp³-hybridized carbons (Fsp3) is 0.519. The van der Waals surface area contributed by atoms with Crippen LogP contribution in [0, 0.1) is 5.92 Å². The van der Waals surface area contributed by atoms with E-state index in [2.05, 4.69) is 33.8 Å². The van der Waals surface area contributed by atoms with Crippen molar-refractivity contribution < 1.29 is 9.53 Å². The van der Waals surface area contributed by atoms with Crippen molar-refractivity contribution in [2.24, 2.45) is 5.92 Å². The Morgan fingerprint density at radius 1 is 1.14 bits per heavy atom. The summed E-state index contributed by atoms with van der Waals surface area (Å²) in [4.78, 5) is 15.3. The quantitative estimate of drug-likeness (QED) is 0.413. The van der Waals surface area contributed by atoms with Gasteiger partial charge in [-0.2, -0.15) is 0 Å². The van der Waals surface area contributed by atoms with Crippen LogP contribution < -0.4 is 20.7 Å². The SMILES string of the molecule is COc1ccccc1NC(=O)NC1(C)CCC(CC(c2cccc(Cl)c2Cl)N2CCNCC2)CC1. The number of amides is 2. The second-order valence-corrected chi connectivity index (χ2v) is 10.7. The molecular weight excluding hydrogens is 483 g/mol. The van der Waals surface area contributed by atoms with Crippen LogP contribution in [0.2, 0.25) is 10.0 Å². The number of ether oxygens (including phenoxy) is 1. The molecule has 1 aliphatic carbocycles. The molecule has 0 bridgehead atoms. The Labute approximate surface area is 218 Å². The minimum atomic E-state index is -0.235. The van der Waals surface area contributed by atoms with E-state index in [0.29, 0.717) is 27.4 Å². The largest absolute Gasteiger partial charge is 0.495 e. The minimum Gasteiger partial charge on any atom is -0.495 e. The molecule has 2 aromatic carbocycles. The molecule has 4 rings (SSSR count). The number of urea groups is 1. The molecule has 0 aromatic heterocycles. The van der Waals surface area contributed by atoms with Crippen molar-refractivity contribution in [2.45, 2.75) is 50.6 Å². The van der Waals surface area contributed by atoms with Gasteiger partial charge in [0.05, 0.1) is 22.8 Å². The first-order chi connectivity index (χ1) is 16.9. The zero-order valence-electron chi connectivity index (χ0n) is 20.6. The molecule has 2 aliphatic rings. The zero-order valence-corrected chi connectivity index (χ0v) is 22.1. The lowest BCUT2D eigenvalue weighted by Crippen LogP contribution is -2.50. The summed E-state index contributed by atoms with van der Waals surface area (Å²) in [5, 5.41) is 10.9. The molecule has 1 saturated heterocycles. The molecule has 2 amide bonds. The molecule has 8 heteroatoms. The van der Waals surface area contributed by atoms with Gasteiger partial charge in [0.1, 0.15) is 5.75 Å². The molecule has 35 heavy (non-hydrogen) atoms. The summed E-state index contributed by atoms with van der Waals surface area (Å²) in [6.07, 6.45) is 5.05. The lowest BCUT2D eigenvalue weighted by atomic mass is 9.75. The summed E-state index contributed by atoms with van der Waals surface area (Å²) in [6, 6.07) is 13.5. The van der Waals surface area contributed by atoms with E-state index in [0.717, 1.165) is 63.8 Å². The molecule has 6 nitrogen and oxygen atoms in total. The van der Waals surface area contributed by atoms with Gasteiger partial charge in [-0.05, 0) is 68.7 Å². The van der Waals surface area contributed by atoms with Crippen LogP contribution in [0.15, 0.2) is 42.5 Å². The number of nitrogens with zero attached hydrogens (tertiary/aromatic N) is 1. The lowest BCUT2D eigenvalue weighted by molar-refractivity contribution is 0.125. The Balaban J connectivity index is 1.38. The van der Waals surface area contributed by atoms with E-state index >= 15 is 0 Å². The summed E-state index contributed by atoms with van der Waals surface area (Å²) in [5.41, 5.74) is 1.56. The van der Waals surface area contributed by atoms with E-state index in [4.69, 9.17) is 27.9 Å². The molecule has 2 fully saturated rings. The van der Waals surface area contributed by atoms with Crippen LogP contribution in [0.5, 0.6) is 5.75 Å². The van der Waals surface area contributed by atoms with E-state index in [9.17, 15) is 4.79 Å². The molecule has 1 heterocycles. The van der Waals surface area contributed by atoms with Crippen LogP contribution in [-0.2, 0) is 0 Å². The van der Waals surface area contributed by atoms with E-state index in [-0.39, 0.29) is 17.6 Å². The highest BCUT2D eigenvalue weighted by atomic mass is 35.5. The molecule has 1 saturated carbocycles. The average molecular weight is 520 g/mol. The average Bonchev–Trinajstić information content (AvgIpc) is 2.86. The fourth-order valence-corrected chi connectivity index (χ4v) is 5.84. The number of rotatable bonds is 7. The van der Waals surface area contributed by atoms with E-state index < -0.39 is 0 Å².